The molecule has 206 valence electrons. The molecule has 0 radical (unpaired) electrons. The minimum atomic E-state index is 0.425. The quantitative estimate of drug-likeness (QED) is 0.351. The summed E-state index contributed by atoms with van der Waals surface area (Å²) in [5, 5.41) is 8.58. The second kappa shape index (κ2) is 14.1. The number of likely N-dealkylation sites (tertiary alicyclic amines) is 1. The van der Waals surface area contributed by atoms with Crippen molar-refractivity contribution in [2.75, 3.05) is 42.9 Å². The first-order valence-corrected chi connectivity index (χ1v) is 14.7. The van der Waals surface area contributed by atoms with Crippen LogP contribution < -0.4 is 15.5 Å². The molecule has 2 heterocycles. The minimum Gasteiger partial charge on any atom is -0.374 e. The number of amides is 1. The summed E-state index contributed by atoms with van der Waals surface area (Å²) in [5.74, 6) is 1.14. The normalized spacial score (nSPS) is 21.0. The van der Waals surface area contributed by atoms with Gasteiger partial charge in [0.1, 0.15) is 5.82 Å². The third-order valence-corrected chi connectivity index (χ3v) is 7.92. The van der Waals surface area contributed by atoms with Crippen molar-refractivity contribution in [2.45, 2.75) is 64.5 Å². The summed E-state index contributed by atoms with van der Waals surface area (Å²) >= 11 is 12.3. The van der Waals surface area contributed by atoms with Crippen LogP contribution in [-0.4, -0.2) is 61.0 Å². The van der Waals surface area contributed by atoms with Gasteiger partial charge in [-0.15, -0.1) is 0 Å². The van der Waals surface area contributed by atoms with Crippen LogP contribution in [0.3, 0.4) is 0 Å². The average molecular weight is 559 g/mol. The summed E-state index contributed by atoms with van der Waals surface area (Å²) in [6.45, 7) is 9.16. The van der Waals surface area contributed by atoms with Crippen molar-refractivity contribution >= 4 is 41.0 Å². The summed E-state index contributed by atoms with van der Waals surface area (Å²) in [6, 6.07) is 14.4. The second-order valence-corrected chi connectivity index (χ2v) is 11.5. The fourth-order valence-electron chi connectivity index (χ4n) is 5.38. The molecule has 0 unspecified atom stereocenters. The summed E-state index contributed by atoms with van der Waals surface area (Å²) < 4.78 is 0. The first-order chi connectivity index (χ1) is 18.4. The zero-order valence-electron chi connectivity index (χ0n) is 22.6. The van der Waals surface area contributed by atoms with E-state index >= 15 is 0 Å². The van der Waals surface area contributed by atoms with Gasteiger partial charge in [-0.05, 0) is 75.1 Å². The molecule has 1 amide bonds. The van der Waals surface area contributed by atoms with Gasteiger partial charge >= 0.3 is 0 Å². The SMILES string of the molecule is C[C@@H]1CN(/C(=C\N2CCCCCCC2)Nc2ccc(N(C=O)CCc3ccc(Cl)cc3Cl)cc2)C[C@H](C)N1. The van der Waals surface area contributed by atoms with Gasteiger partial charge in [0, 0.05) is 72.4 Å². The number of carbonyl (C=O) groups excluding carboxylic acids is 1. The summed E-state index contributed by atoms with van der Waals surface area (Å²) in [4.78, 5) is 18.6. The first-order valence-electron chi connectivity index (χ1n) is 13.9. The Bertz CT molecular complexity index is 1060. The lowest BCUT2D eigenvalue weighted by molar-refractivity contribution is -0.107. The molecule has 0 aromatic heterocycles. The Balaban J connectivity index is 1.46. The van der Waals surface area contributed by atoms with E-state index in [9.17, 15) is 4.79 Å². The van der Waals surface area contributed by atoms with Crippen LogP contribution in [0.4, 0.5) is 11.4 Å². The number of anilines is 2. The second-order valence-electron chi connectivity index (χ2n) is 10.6. The number of halogens is 2. The highest BCUT2D eigenvalue weighted by molar-refractivity contribution is 6.35. The predicted molar refractivity (Wildman–Crippen MR) is 160 cm³/mol. The number of carbonyl (C=O) groups is 1. The Labute approximate surface area is 238 Å². The van der Waals surface area contributed by atoms with Gasteiger partial charge < -0.3 is 25.3 Å². The van der Waals surface area contributed by atoms with Crippen LogP contribution in [0, 0.1) is 0 Å². The van der Waals surface area contributed by atoms with Crippen molar-refractivity contribution in [1.29, 1.82) is 0 Å². The van der Waals surface area contributed by atoms with E-state index in [-0.39, 0.29) is 0 Å². The number of piperazine rings is 1. The van der Waals surface area contributed by atoms with Crippen molar-refractivity contribution in [3.63, 3.8) is 0 Å². The van der Waals surface area contributed by atoms with E-state index in [2.05, 4.69) is 52.6 Å². The van der Waals surface area contributed by atoms with Crippen LogP contribution in [-0.2, 0) is 11.2 Å². The number of nitrogens with one attached hydrogen (secondary N) is 2. The monoisotopic (exact) mass is 557 g/mol. The molecule has 0 saturated carbocycles. The first kappa shape index (κ1) is 28.6. The van der Waals surface area contributed by atoms with Crippen LogP contribution in [0.15, 0.2) is 54.5 Å². The largest absolute Gasteiger partial charge is 0.374 e. The maximum atomic E-state index is 11.9. The van der Waals surface area contributed by atoms with Crippen molar-refractivity contribution in [3.8, 4) is 0 Å². The molecule has 38 heavy (non-hydrogen) atoms. The van der Waals surface area contributed by atoms with Crippen LogP contribution in [0.25, 0.3) is 0 Å². The van der Waals surface area contributed by atoms with E-state index in [0.29, 0.717) is 35.1 Å². The van der Waals surface area contributed by atoms with E-state index in [1.54, 1.807) is 11.0 Å². The van der Waals surface area contributed by atoms with Gasteiger partial charge in [-0.2, -0.15) is 0 Å². The molecular formula is C30H41Cl2N5O. The highest BCUT2D eigenvalue weighted by atomic mass is 35.5. The van der Waals surface area contributed by atoms with E-state index in [0.717, 1.165) is 55.3 Å². The van der Waals surface area contributed by atoms with Gasteiger partial charge in [-0.1, -0.05) is 48.5 Å². The molecule has 2 aliphatic rings. The smallest absolute Gasteiger partial charge is 0.214 e. The fraction of sp³-hybridized carbons (Fsp3) is 0.500. The maximum Gasteiger partial charge on any atom is 0.214 e. The number of benzene rings is 2. The Morgan fingerprint density at radius 3 is 2.29 bits per heavy atom. The summed E-state index contributed by atoms with van der Waals surface area (Å²) in [7, 11) is 0. The number of hydrogen-bond acceptors (Lipinski definition) is 5. The third kappa shape index (κ3) is 8.29. The molecule has 2 fully saturated rings. The molecule has 2 atom stereocenters. The molecular weight excluding hydrogens is 517 g/mol. The van der Waals surface area contributed by atoms with Crippen LogP contribution in [0.5, 0.6) is 0 Å². The molecule has 2 aromatic rings. The van der Waals surface area contributed by atoms with E-state index in [1.165, 1.54) is 32.1 Å². The Morgan fingerprint density at radius 1 is 1.00 bits per heavy atom. The van der Waals surface area contributed by atoms with Crippen molar-refractivity contribution < 1.29 is 4.79 Å². The average Bonchev–Trinajstić information content (AvgIpc) is 2.86. The fourth-order valence-corrected chi connectivity index (χ4v) is 5.89. The molecule has 2 aromatic carbocycles. The maximum absolute atomic E-state index is 11.9. The van der Waals surface area contributed by atoms with Crippen molar-refractivity contribution in [1.82, 2.24) is 15.1 Å². The van der Waals surface area contributed by atoms with Gasteiger partial charge in [-0.3, -0.25) is 4.79 Å². The van der Waals surface area contributed by atoms with Crippen molar-refractivity contribution in [2.24, 2.45) is 0 Å². The van der Waals surface area contributed by atoms with Crippen LogP contribution >= 0.6 is 23.2 Å². The Morgan fingerprint density at radius 2 is 1.66 bits per heavy atom. The topological polar surface area (TPSA) is 50.9 Å². The van der Waals surface area contributed by atoms with Gasteiger partial charge in [0.2, 0.25) is 6.41 Å². The van der Waals surface area contributed by atoms with Gasteiger partial charge in [0.25, 0.3) is 0 Å². The Hall–Kier alpha value is -2.41. The van der Waals surface area contributed by atoms with Crippen LogP contribution in [0.1, 0.15) is 51.5 Å². The van der Waals surface area contributed by atoms with Gasteiger partial charge in [-0.25, -0.2) is 0 Å². The predicted octanol–water partition coefficient (Wildman–Crippen LogP) is 6.36. The Kier molecular flexibility index (Phi) is 10.6. The number of nitrogens with zero attached hydrogens (tertiary/aromatic N) is 3. The molecule has 0 aliphatic carbocycles. The van der Waals surface area contributed by atoms with E-state index in [1.807, 2.05) is 24.3 Å². The molecule has 0 spiro atoms. The minimum absolute atomic E-state index is 0.425. The molecule has 2 aliphatic heterocycles. The van der Waals surface area contributed by atoms with E-state index in [4.69, 9.17) is 23.2 Å². The number of rotatable bonds is 9. The van der Waals surface area contributed by atoms with Gasteiger partial charge in [0.05, 0.1) is 0 Å². The summed E-state index contributed by atoms with van der Waals surface area (Å²) in [5.41, 5.74) is 2.84. The molecule has 0 bridgehead atoms. The standard InChI is InChI=1S/C30H41Cl2N5O/c1-23-19-37(20-24(2)33-23)30(21-35-15-6-4-3-5-7-16-35)34-27-10-12-28(13-11-27)36(22-38)17-14-25-8-9-26(31)18-29(25)32/h8-13,18,21-24,33-34H,3-7,14-17,19-20H2,1-2H3/b30-21-/t23-,24+. The molecule has 2 N–H and O–H groups in total. The zero-order chi connectivity index (χ0) is 26.9. The molecule has 4 rings (SSSR count). The third-order valence-electron chi connectivity index (χ3n) is 7.33. The highest BCUT2D eigenvalue weighted by Gasteiger charge is 2.23. The lowest BCUT2D eigenvalue weighted by atomic mass is 10.1. The van der Waals surface area contributed by atoms with E-state index < -0.39 is 0 Å². The lowest BCUT2D eigenvalue weighted by Gasteiger charge is -2.40. The van der Waals surface area contributed by atoms with Gasteiger partial charge in [0.15, 0.2) is 0 Å². The molecule has 8 heteroatoms. The lowest BCUT2D eigenvalue weighted by Crippen LogP contribution is -2.54. The van der Waals surface area contributed by atoms with Crippen LogP contribution in [0.2, 0.25) is 10.0 Å². The molecule has 2 saturated heterocycles. The highest BCUT2D eigenvalue weighted by Crippen LogP contribution is 2.24. The zero-order valence-corrected chi connectivity index (χ0v) is 24.1. The number of hydrogen-bond donors (Lipinski definition) is 2. The molecule has 6 nitrogen and oxygen atoms in total. The van der Waals surface area contributed by atoms with Crippen molar-refractivity contribution in [3.05, 3.63) is 70.1 Å². The summed E-state index contributed by atoms with van der Waals surface area (Å²) in [6.07, 6.45) is 10.3.